The molecular formula is C26H48O. The zero-order chi connectivity index (χ0) is 20.5. The number of hydrogen-bond donors (Lipinski definition) is 1. The smallest absolute Gasteiger partial charge is 0.0319 e. The Hall–Kier alpha value is -0.820. The molecule has 1 aliphatic carbocycles. The highest BCUT2D eigenvalue weighted by Gasteiger charge is 2.27. The van der Waals surface area contributed by atoms with Gasteiger partial charge in [0.1, 0.15) is 0 Å². The second kappa shape index (κ2) is 17.3. The van der Waals surface area contributed by atoms with E-state index in [9.17, 15) is 0 Å². The van der Waals surface area contributed by atoms with E-state index in [1.165, 1.54) is 94.6 Å². The molecule has 1 nitrogen and oxygen atoms in total. The highest BCUT2D eigenvalue weighted by molar-refractivity contribution is 5.13. The summed E-state index contributed by atoms with van der Waals surface area (Å²) in [6.07, 6.45) is 22.4. The van der Waals surface area contributed by atoms with Gasteiger partial charge < -0.3 is 5.11 Å². The van der Waals surface area contributed by atoms with Crippen LogP contribution < -0.4 is 0 Å². The van der Waals surface area contributed by atoms with Crippen LogP contribution in [-0.2, 0) is 0 Å². The first-order valence-electron chi connectivity index (χ1n) is 11.5. The predicted molar refractivity (Wildman–Crippen MR) is 123 cm³/mol. The minimum Gasteiger partial charge on any atom is -0.400 e. The van der Waals surface area contributed by atoms with E-state index in [-0.39, 0.29) is 0 Å². The van der Waals surface area contributed by atoms with Crippen molar-refractivity contribution in [2.45, 2.75) is 104 Å². The van der Waals surface area contributed by atoms with E-state index in [0.717, 1.165) is 24.9 Å². The summed E-state index contributed by atoms with van der Waals surface area (Å²) in [5, 5.41) is 7.00. The normalized spacial score (nSPS) is 20.6. The molecule has 0 aliphatic heterocycles. The highest BCUT2D eigenvalue weighted by atomic mass is 16.2. The highest BCUT2D eigenvalue weighted by Crippen LogP contribution is 2.40. The van der Waals surface area contributed by atoms with Crippen LogP contribution in [0, 0.1) is 17.8 Å². The molecule has 158 valence electrons. The van der Waals surface area contributed by atoms with Crippen LogP contribution in [0.3, 0.4) is 0 Å². The summed E-state index contributed by atoms with van der Waals surface area (Å²) in [5.41, 5.74) is 2.85. The van der Waals surface area contributed by atoms with Gasteiger partial charge in [-0.1, -0.05) is 88.7 Å². The number of aliphatic hydroxyl groups is 1. The molecule has 0 amide bonds. The average molecular weight is 377 g/mol. The summed E-state index contributed by atoms with van der Waals surface area (Å²) in [7, 11) is 1.00. The molecule has 1 heteroatoms. The Kier molecular flexibility index (Phi) is 16.8. The van der Waals surface area contributed by atoms with Crippen molar-refractivity contribution in [1.29, 1.82) is 0 Å². The SMILES string of the molecule is C=C(C)CCCCCC[C@H]1C(=C)CCC1/C=C/CC(CC)CCCC.CO. The molecule has 0 spiro atoms. The summed E-state index contributed by atoms with van der Waals surface area (Å²) in [5.74, 6) is 2.42. The Morgan fingerprint density at radius 3 is 2.48 bits per heavy atom. The van der Waals surface area contributed by atoms with Crippen LogP contribution in [0.5, 0.6) is 0 Å². The monoisotopic (exact) mass is 376 g/mol. The van der Waals surface area contributed by atoms with E-state index in [0.29, 0.717) is 0 Å². The number of allylic oxidation sites excluding steroid dienone is 4. The van der Waals surface area contributed by atoms with Gasteiger partial charge in [0.05, 0.1) is 0 Å². The maximum atomic E-state index is 7.00. The van der Waals surface area contributed by atoms with Crippen molar-refractivity contribution in [3.8, 4) is 0 Å². The molecule has 1 rings (SSSR count). The van der Waals surface area contributed by atoms with Crippen molar-refractivity contribution in [3.05, 3.63) is 36.5 Å². The lowest BCUT2D eigenvalue weighted by Crippen LogP contribution is -2.07. The van der Waals surface area contributed by atoms with Gasteiger partial charge in [0.25, 0.3) is 0 Å². The first-order valence-corrected chi connectivity index (χ1v) is 11.5. The van der Waals surface area contributed by atoms with E-state index in [1.807, 2.05) is 0 Å². The van der Waals surface area contributed by atoms with Crippen molar-refractivity contribution in [2.24, 2.45) is 17.8 Å². The van der Waals surface area contributed by atoms with E-state index in [2.05, 4.69) is 46.1 Å². The predicted octanol–water partition coefficient (Wildman–Crippen LogP) is 8.26. The van der Waals surface area contributed by atoms with Crippen LogP contribution in [-0.4, -0.2) is 12.2 Å². The molecule has 3 atom stereocenters. The topological polar surface area (TPSA) is 20.2 Å². The van der Waals surface area contributed by atoms with Crippen molar-refractivity contribution >= 4 is 0 Å². The summed E-state index contributed by atoms with van der Waals surface area (Å²) >= 11 is 0. The van der Waals surface area contributed by atoms with Crippen LogP contribution in [0.25, 0.3) is 0 Å². The molecule has 1 fully saturated rings. The largest absolute Gasteiger partial charge is 0.400 e. The van der Waals surface area contributed by atoms with Gasteiger partial charge in [-0.25, -0.2) is 0 Å². The molecule has 0 radical (unpaired) electrons. The van der Waals surface area contributed by atoms with Gasteiger partial charge in [-0.3, -0.25) is 0 Å². The summed E-state index contributed by atoms with van der Waals surface area (Å²) in [4.78, 5) is 0. The second-order valence-electron chi connectivity index (χ2n) is 8.46. The van der Waals surface area contributed by atoms with Crippen molar-refractivity contribution in [2.75, 3.05) is 7.11 Å². The zero-order valence-electron chi connectivity index (χ0n) is 18.9. The lowest BCUT2D eigenvalue weighted by Gasteiger charge is -2.18. The van der Waals surface area contributed by atoms with Gasteiger partial charge in [0.15, 0.2) is 0 Å². The van der Waals surface area contributed by atoms with Crippen LogP contribution in [0.15, 0.2) is 36.5 Å². The quantitative estimate of drug-likeness (QED) is 0.239. The molecule has 2 unspecified atom stereocenters. The Morgan fingerprint density at radius 1 is 1.15 bits per heavy atom. The molecule has 1 aliphatic rings. The van der Waals surface area contributed by atoms with Crippen molar-refractivity contribution < 1.29 is 5.11 Å². The molecule has 0 aromatic heterocycles. The first kappa shape index (κ1) is 26.2. The lowest BCUT2D eigenvalue weighted by atomic mass is 9.87. The van der Waals surface area contributed by atoms with E-state index in [1.54, 1.807) is 0 Å². The second-order valence-corrected chi connectivity index (χ2v) is 8.46. The molecule has 0 aromatic carbocycles. The standard InChI is InChI=1S/C25H44.CH4O/c1-6-8-15-23(7-2)16-13-17-24-20-19-22(5)25(24)18-12-10-9-11-14-21(3)4;1-2/h13,17,23-25H,3,5-12,14-16,18-20H2,1-2,4H3;2H,1H3/b17-13+;/t23?,24?,25-;/m0./s1. The lowest BCUT2D eigenvalue weighted by molar-refractivity contribution is 0.399. The molecule has 0 heterocycles. The number of unbranched alkanes of at least 4 members (excludes halogenated alkanes) is 4. The number of hydrogen-bond acceptors (Lipinski definition) is 1. The van der Waals surface area contributed by atoms with Crippen molar-refractivity contribution in [3.63, 3.8) is 0 Å². The van der Waals surface area contributed by atoms with Gasteiger partial charge in [-0.2, -0.15) is 0 Å². The van der Waals surface area contributed by atoms with Gasteiger partial charge in [0, 0.05) is 7.11 Å². The fourth-order valence-corrected chi connectivity index (χ4v) is 4.26. The maximum absolute atomic E-state index is 7.00. The minimum absolute atomic E-state index is 0.758. The third-order valence-electron chi connectivity index (χ3n) is 6.10. The molecule has 1 N–H and O–H groups in total. The van der Waals surface area contributed by atoms with Gasteiger partial charge >= 0.3 is 0 Å². The van der Waals surface area contributed by atoms with E-state index < -0.39 is 0 Å². The van der Waals surface area contributed by atoms with Gasteiger partial charge in [-0.05, 0) is 63.2 Å². The molecule has 0 bridgehead atoms. The zero-order valence-corrected chi connectivity index (χ0v) is 18.9. The average Bonchev–Trinajstić information content (AvgIpc) is 3.02. The summed E-state index contributed by atoms with van der Waals surface area (Å²) in [6, 6.07) is 0. The molecule has 0 aromatic rings. The summed E-state index contributed by atoms with van der Waals surface area (Å²) in [6.45, 7) is 15.2. The van der Waals surface area contributed by atoms with Gasteiger partial charge in [0.2, 0.25) is 0 Å². The Morgan fingerprint density at radius 2 is 1.85 bits per heavy atom. The summed E-state index contributed by atoms with van der Waals surface area (Å²) < 4.78 is 0. The Labute approximate surface area is 171 Å². The number of rotatable bonds is 14. The molecule has 27 heavy (non-hydrogen) atoms. The van der Waals surface area contributed by atoms with Crippen LogP contribution in [0.4, 0.5) is 0 Å². The molecular weight excluding hydrogens is 328 g/mol. The van der Waals surface area contributed by atoms with E-state index in [4.69, 9.17) is 5.11 Å². The fourth-order valence-electron chi connectivity index (χ4n) is 4.26. The third kappa shape index (κ3) is 12.3. The maximum Gasteiger partial charge on any atom is 0.0319 e. The van der Waals surface area contributed by atoms with E-state index >= 15 is 0 Å². The van der Waals surface area contributed by atoms with Crippen molar-refractivity contribution in [1.82, 2.24) is 0 Å². The molecule has 0 saturated heterocycles. The van der Waals surface area contributed by atoms with Crippen LogP contribution in [0.2, 0.25) is 0 Å². The van der Waals surface area contributed by atoms with Crippen LogP contribution in [0.1, 0.15) is 104 Å². The van der Waals surface area contributed by atoms with Crippen LogP contribution >= 0.6 is 0 Å². The Bertz CT molecular complexity index is 406. The molecule has 1 saturated carbocycles. The third-order valence-corrected chi connectivity index (χ3v) is 6.10. The minimum atomic E-state index is 0.758. The Balaban J connectivity index is 0.00000326. The first-order chi connectivity index (χ1) is 13.1. The van der Waals surface area contributed by atoms with Gasteiger partial charge in [-0.15, -0.1) is 6.58 Å². The fraction of sp³-hybridized carbons (Fsp3) is 0.769. The number of aliphatic hydroxyl groups excluding tert-OH is 1.